The van der Waals surface area contributed by atoms with E-state index in [2.05, 4.69) is 27.4 Å². The number of anilines is 1. The molecule has 31 heavy (non-hydrogen) atoms. The van der Waals surface area contributed by atoms with Crippen LogP contribution < -0.4 is 5.32 Å². The molecule has 0 fully saturated rings. The van der Waals surface area contributed by atoms with E-state index in [4.69, 9.17) is 13.9 Å². The number of nitrogens with zero attached hydrogens (tertiary/aromatic N) is 4. The van der Waals surface area contributed by atoms with Crippen LogP contribution in [0, 0.1) is 0 Å². The van der Waals surface area contributed by atoms with Crippen LogP contribution in [0.15, 0.2) is 47.3 Å². The number of benzene rings is 1. The molecule has 9 nitrogen and oxygen atoms in total. The topological polar surface area (TPSA) is 104 Å². The van der Waals surface area contributed by atoms with E-state index in [1.165, 1.54) is 11.3 Å². The van der Waals surface area contributed by atoms with E-state index in [1.54, 1.807) is 36.9 Å². The Morgan fingerprint density at radius 1 is 1.16 bits per heavy atom. The minimum Gasteiger partial charge on any atom is -0.462 e. The Hall–Kier alpha value is -3.08. The minimum atomic E-state index is -0.269. The minimum absolute atomic E-state index is 0.269. The van der Waals surface area contributed by atoms with E-state index in [-0.39, 0.29) is 5.91 Å². The first-order valence-electron chi connectivity index (χ1n) is 10.0. The highest BCUT2D eigenvalue weighted by molar-refractivity contribution is 7.18. The second-order valence-corrected chi connectivity index (χ2v) is 7.69. The number of ether oxygens (including phenoxy) is 2. The lowest BCUT2D eigenvalue weighted by molar-refractivity contribution is 0.0453. The molecule has 1 aromatic carbocycles. The molecular formula is C21H23N5O4S. The third-order valence-electron chi connectivity index (χ3n) is 4.46. The van der Waals surface area contributed by atoms with Crippen LogP contribution in [0.1, 0.15) is 23.7 Å². The van der Waals surface area contributed by atoms with Crippen LogP contribution in [0.3, 0.4) is 0 Å². The maximum Gasteiger partial charge on any atom is 0.257 e. The van der Waals surface area contributed by atoms with Gasteiger partial charge in [-0.25, -0.2) is 4.98 Å². The van der Waals surface area contributed by atoms with Crippen molar-refractivity contribution in [3.63, 3.8) is 0 Å². The summed E-state index contributed by atoms with van der Waals surface area (Å²) in [4.78, 5) is 17.0. The molecule has 4 aromatic rings. The number of rotatable bonds is 11. The van der Waals surface area contributed by atoms with Crippen molar-refractivity contribution in [1.29, 1.82) is 0 Å². The molecule has 4 rings (SSSR count). The van der Waals surface area contributed by atoms with Gasteiger partial charge in [0, 0.05) is 18.7 Å². The third kappa shape index (κ3) is 5.35. The zero-order valence-corrected chi connectivity index (χ0v) is 17.9. The standard InChI is InChI=1S/C21H23N5O4S/c1-2-8-28-11-12-29-10-7-26-14-22-16-13-15(5-6-17(16)26)19(27)23-21-25-24-20(31-21)18-4-3-9-30-18/h3-6,9,13-14H,2,7-8,10-12H2,1H3,(H,23,25,27). The van der Waals surface area contributed by atoms with Gasteiger partial charge in [0.15, 0.2) is 10.8 Å². The van der Waals surface area contributed by atoms with Gasteiger partial charge >= 0.3 is 0 Å². The van der Waals surface area contributed by atoms with Gasteiger partial charge < -0.3 is 18.5 Å². The molecule has 0 unspecified atom stereocenters. The first-order chi connectivity index (χ1) is 15.2. The molecule has 0 atom stereocenters. The maximum absolute atomic E-state index is 12.6. The van der Waals surface area contributed by atoms with Gasteiger partial charge in [-0.05, 0) is 36.8 Å². The van der Waals surface area contributed by atoms with E-state index >= 15 is 0 Å². The molecule has 0 radical (unpaired) electrons. The summed E-state index contributed by atoms with van der Waals surface area (Å²) in [7, 11) is 0. The molecule has 0 spiro atoms. The second kappa shape index (κ2) is 10.3. The van der Waals surface area contributed by atoms with Crippen LogP contribution in [0.4, 0.5) is 5.13 Å². The second-order valence-electron chi connectivity index (χ2n) is 6.71. The molecule has 162 valence electrons. The Morgan fingerprint density at radius 3 is 2.84 bits per heavy atom. The molecule has 0 aliphatic heterocycles. The van der Waals surface area contributed by atoms with Gasteiger partial charge in [0.1, 0.15) is 0 Å². The third-order valence-corrected chi connectivity index (χ3v) is 5.31. The van der Waals surface area contributed by atoms with E-state index in [0.29, 0.717) is 47.8 Å². The Bertz CT molecular complexity index is 1120. The molecule has 1 N–H and O–H groups in total. The number of amides is 1. The fourth-order valence-corrected chi connectivity index (χ4v) is 3.66. The van der Waals surface area contributed by atoms with Gasteiger partial charge in [-0.15, -0.1) is 10.2 Å². The zero-order chi connectivity index (χ0) is 21.5. The highest BCUT2D eigenvalue weighted by Gasteiger charge is 2.14. The smallest absolute Gasteiger partial charge is 0.257 e. The summed E-state index contributed by atoms with van der Waals surface area (Å²) in [6, 6.07) is 8.98. The fourth-order valence-electron chi connectivity index (χ4n) is 2.96. The molecule has 10 heteroatoms. The van der Waals surface area contributed by atoms with Crippen LogP contribution >= 0.6 is 11.3 Å². The number of nitrogens with one attached hydrogen (secondary N) is 1. The first-order valence-corrected chi connectivity index (χ1v) is 10.9. The monoisotopic (exact) mass is 441 g/mol. The fraction of sp³-hybridized carbons (Fsp3) is 0.333. The summed E-state index contributed by atoms with van der Waals surface area (Å²) in [5, 5.41) is 11.8. The van der Waals surface area contributed by atoms with Crippen molar-refractivity contribution in [3.05, 3.63) is 48.5 Å². The number of imidazole rings is 1. The summed E-state index contributed by atoms with van der Waals surface area (Å²) in [6.45, 7) is 5.26. The summed E-state index contributed by atoms with van der Waals surface area (Å²) in [5.74, 6) is 0.344. The number of aromatic nitrogens is 4. The van der Waals surface area contributed by atoms with E-state index in [0.717, 1.165) is 24.1 Å². The number of carbonyl (C=O) groups excluding carboxylic acids is 1. The lowest BCUT2D eigenvalue weighted by Gasteiger charge is -2.07. The average Bonchev–Trinajstić information content (AvgIpc) is 3.53. The van der Waals surface area contributed by atoms with E-state index in [9.17, 15) is 4.79 Å². The molecule has 0 saturated carbocycles. The average molecular weight is 442 g/mol. The lowest BCUT2D eigenvalue weighted by atomic mass is 10.2. The number of hydrogen-bond donors (Lipinski definition) is 1. The Balaban J connectivity index is 1.33. The quantitative estimate of drug-likeness (QED) is 0.353. The van der Waals surface area contributed by atoms with Crippen LogP contribution in [0.2, 0.25) is 0 Å². The van der Waals surface area contributed by atoms with Crippen LogP contribution in [-0.4, -0.2) is 52.1 Å². The number of furan rings is 1. The number of hydrogen-bond acceptors (Lipinski definition) is 8. The van der Waals surface area contributed by atoms with Crippen molar-refractivity contribution in [1.82, 2.24) is 19.7 Å². The number of fused-ring (bicyclic) bond motifs is 1. The molecule has 3 aromatic heterocycles. The van der Waals surface area contributed by atoms with Gasteiger partial charge in [-0.1, -0.05) is 18.3 Å². The van der Waals surface area contributed by atoms with E-state index < -0.39 is 0 Å². The highest BCUT2D eigenvalue weighted by Crippen LogP contribution is 2.27. The Morgan fingerprint density at radius 2 is 2.03 bits per heavy atom. The van der Waals surface area contributed by atoms with Crippen molar-refractivity contribution in [2.45, 2.75) is 19.9 Å². The maximum atomic E-state index is 12.6. The SMILES string of the molecule is CCCOCCOCCn1cnc2cc(C(=O)Nc3nnc(-c4ccco4)s3)ccc21. The van der Waals surface area contributed by atoms with Gasteiger partial charge in [0.2, 0.25) is 5.13 Å². The predicted molar refractivity (Wildman–Crippen MR) is 117 cm³/mol. The highest BCUT2D eigenvalue weighted by atomic mass is 32.1. The van der Waals surface area contributed by atoms with Crippen LogP contribution in [0.5, 0.6) is 0 Å². The largest absolute Gasteiger partial charge is 0.462 e. The van der Waals surface area contributed by atoms with Gasteiger partial charge in [-0.3, -0.25) is 10.1 Å². The van der Waals surface area contributed by atoms with Gasteiger partial charge in [0.25, 0.3) is 5.91 Å². The van der Waals surface area contributed by atoms with Crippen molar-refractivity contribution in [2.24, 2.45) is 0 Å². The van der Waals surface area contributed by atoms with Crippen LogP contribution in [0.25, 0.3) is 21.8 Å². The summed E-state index contributed by atoms with van der Waals surface area (Å²) in [5.41, 5.74) is 2.18. The molecule has 0 bridgehead atoms. The van der Waals surface area contributed by atoms with Crippen molar-refractivity contribution in [2.75, 3.05) is 31.7 Å². The summed E-state index contributed by atoms with van der Waals surface area (Å²) >= 11 is 1.25. The summed E-state index contributed by atoms with van der Waals surface area (Å²) in [6.07, 6.45) is 4.33. The molecule has 0 aliphatic rings. The lowest BCUT2D eigenvalue weighted by Crippen LogP contribution is -2.12. The van der Waals surface area contributed by atoms with Crippen LogP contribution in [-0.2, 0) is 16.0 Å². The predicted octanol–water partition coefficient (Wildman–Crippen LogP) is 3.84. The number of carbonyl (C=O) groups is 1. The molecule has 3 heterocycles. The van der Waals surface area contributed by atoms with Crippen molar-refractivity contribution >= 4 is 33.4 Å². The van der Waals surface area contributed by atoms with E-state index in [1.807, 2.05) is 10.6 Å². The zero-order valence-electron chi connectivity index (χ0n) is 17.1. The Labute approximate surface area is 183 Å². The van der Waals surface area contributed by atoms with Crippen molar-refractivity contribution in [3.8, 4) is 10.8 Å². The summed E-state index contributed by atoms with van der Waals surface area (Å²) < 4.78 is 18.3. The molecular weight excluding hydrogens is 418 g/mol. The normalized spacial score (nSPS) is 11.3. The van der Waals surface area contributed by atoms with Gasteiger partial charge in [-0.2, -0.15) is 0 Å². The molecule has 1 amide bonds. The molecule has 0 saturated heterocycles. The van der Waals surface area contributed by atoms with Gasteiger partial charge in [0.05, 0.1) is 43.4 Å². The first kappa shape index (κ1) is 21.2. The molecule has 0 aliphatic carbocycles. The Kier molecular flexibility index (Phi) is 7.03. The van der Waals surface area contributed by atoms with Crippen molar-refractivity contribution < 1.29 is 18.7 Å².